The summed E-state index contributed by atoms with van der Waals surface area (Å²) in [6.45, 7) is 8.21. The Morgan fingerprint density at radius 2 is 2.35 bits per heavy atom. The predicted octanol–water partition coefficient (Wildman–Crippen LogP) is 1.56. The third-order valence-electron chi connectivity index (χ3n) is 3.71. The molecule has 7 heteroatoms. The molecule has 1 aromatic heterocycles. The van der Waals surface area contributed by atoms with E-state index < -0.39 is 0 Å². The molecule has 1 fully saturated rings. The van der Waals surface area contributed by atoms with E-state index in [1.807, 2.05) is 11.8 Å². The van der Waals surface area contributed by atoms with Gasteiger partial charge in [0.05, 0.1) is 10.7 Å². The third kappa shape index (κ3) is 6.17. The lowest BCUT2D eigenvalue weighted by atomic mass is 10.3. The fourth-order valence-electron chi connectivity index (χ4n) is 2.57. The van der Waals surface area contributed by atoms with Gasteiger partial charge in [0.1, 0.15) is 0 Å². The van der Waals surface area contributed by atoms with E-state index in [9.17, 15) is 4.79 Å². The third-order valence-corrected chi connectivity index (χ3v) is 4.53. The lowest BCUT2D eigenvalue weighted by molar-refractivity contribution is -0.127. The molecule has 128 valence electrons. The van der Waals surface area contributed by atoms with Crippen molar-refractivity contribution >= 4 is 23.2 Å². The van der Waals surface area contributed by atoms with E-state index in [-0.39, 0.29) is 5.91 Å². The number of aromatic nitrogens is 1. The number of hydrogen-bond donors (Lipinski definition) is 2. The summed E-state index contributed by atoms with van der Waals surface area (Å²) < 4.78 is 0. The molecular formula is C16H27N5OS. The van der Waals surface area contributed by atoms with Gasteiger partial charge in [-0.05, 0) is 26.7 Å². The van der Waals surface area contributed by atoms with Gasteiger partial charge < -0.3 is 15.5 Å². The van der Waals surface area contributed by atoms with E-state index in [0.29, 0.717) is 6.42 Å². The highest BCUT2D eigenvalue weighted by atomic mass is 32.1. The number of hydrogen-bond acceptors (Lipinski definition) is 4. The summed E-state index contributed by atoms with van der Waals surface area (Å²) in [6, 6.07) is 0. The number of carbonyl (C=O) groups excluding carboxylic acids is 1. The zero-order chi connectivity index (χ0) is 16.5. The molecule has 23 heavy (non-hydrogen) atoms. The summed E-state index contributed by atoms with van der Waals surface area (Å²) >= 11 is 1.69. The van der Waals surface area contributed by atoms with E-state index in [1.165, 1.54) is 0 Å². The fourth-order valence-corrected chi connectivity index (χ4v) is 3.21. The number of nitrogens with zero attached hydrogens (tertiary/aromatic N) is 3. The summed E-state index contributed by atoms with van der Waals surface area (Å²) in [4.78, 5) is 22.5. The number of aliphatic imine (C=N–C) groups is 1. The minimum absolute atomic E-state index is 0.289. The molecule has 6 nitrogen and oxygen atoms in total. The number of rotatable bonds is 8. The molecule has 0 unspecified atom stereocenters. The quantitative estimate of drug-likeness (QED) is 0.429. The Hall–Kier alpha value is -1.63. The van der Waals surface area contributed by atoms with Gasteiger partial charge in [-0.3, -0.25) is 9.79 Å². The number of guanidine groups is 1. The molecule has 0 aliphatic carbocycles. The van der Waals surface area contributed by atoms with Gasteiger partial charge in [0.15, 0.2) is 5.96 Å². The van der Waals surface area contributed by atoms with Crippen LogP contribution in [0.3, 0.4) is 0 Å². The van der Waals surface area contributed by atoms with Gasteiger partial charge in [0.25, 0.3) is 0 Å². The van der Waals surface area contributed by atoms with Crippen LogP contribution in [0.2, 0.25) is 0 Å². The number of thiazole rings is 1. The van der Waals surface area contributed by atoms with Gasteiger partial charge in [0.2, 0.25) is 5.91 Å². The molecule has 0 radical (unpaired) electrons. The van der Waals surface area contributed by atoms with Crippen LogP contribution < -0.4 is 10.6 Å². The molecule has 0 bridgehead atoms. The zero-order valence-corrected chi connectivity index (χ0v) is 14.9. The van der Waals surface area contributed by atoms with Crippen molar-refractivity contribution in [3.05, 3.63) is 16.1 Å². The number of nitrogens with one attached hydrogen (secondary N) is 2. The highest BCUT2D eigenvalue weighted by molar-refractivity contribution is 7.09. The van der Waals surface area contributed by atoms with Gasteiger partial charge in [-0.25, -0.2) is 4.98 Å². The lowest BCUT2D eigenvalue weighted by Crippen LogP contribution is -2.38. The van der Waals surface area contributed by atoms with Crippen LogP contribution in [-0.2, 0) is 11.2 Å². The average Bonchev–Trinajstić information content (AvgIpc) is 3.12. The Kier molecular flexibility index (Phi) is 7.32. The van der Waals surface area contributed by atoms with E-state index >= 15 is 0 Å². The van der Waals surface area contributed by atoms with Gasteiger partial charge in [-0.15, -0.1) is 11.3 Å². The molecule has 0 spiro atoms. The van der Waals surface area contributed by atoms with E-state index in [1.54, 1.807) is 11.3 Å². The molecule has 0 aromatic carbocycles. The van der Waals surface area contributed by atoms with Crippen molar-refractivity contribution in [2.75, 3.05) is 32.7 Å². The average molecular weight is 337 g/mol. The summed E-state index contributed by atoms with van der Waals surface area (Å²) in [5, 5.41) is 9.80. The molecule has 1 aliphatic heterocycles. The van der Waals surface area contributed by atoms with Crippen LogP contribution >= 0.6 is 11.3 Å². The SMILES string of the molecule is CCNC(=NCCCN1CCCC1=O)NCCc1csc(C)n1. The summed E-state index contributed by atoms with van der Waals surface area (Å²) in [5.41, 5.74) is 1.13. The molecule has 1 saturated heterocycles. The Labute approximate surface area is 142 Å². The van der Waals surface area contributed by atoms with Crippen LogP contribution in [0.25, 0.3) is 0 Å². The number of amides is 1. The van der Waals surface area contributed by atoms with Crippen molar-refractivity contribution in [2.45, 2.75) is 39.5 Å². The number of likely N-dealkylation sites (tertiary alicyclic amines) is 1. The van der Waals surface area contributed by atoms with Gasteiger partial charge >= 0.3 is 0 Å². The van der Waals surface area contributed by atoms with Gasteiger partial charge in [-0.2, -0.15) is 0 Å². The smallest absolute Gasteiger partial charge is 0.222 e. The Morgan fingerprint density at radius 3 is 3.00 bits per heavy atom. The van der Waals surface area contributed by atoms with E-state index in [0.717, 1.165) is 68.6 Å². The van der Waals surface area contributed by atoms with E-state index in [2.05, 4.69) is 32.9 Å². The van der Waals surface area contributed by atoms with E-state index in [4.69, 9.17) is 0 Å². The lowest BCUT2D eigenvalue weighted by Gasteiger charge is -2.15. The molecule has 0 saturated carbocycles. The molecule has 2 heterocycles. The van der Waals surface area contributed by atoms with Crippen LogP contribution in [0.15, 0.2) is 10.4 Å². The highest BCUT2D eigenvalue weighted by Gasteiger charge is 2.18. The first kappa shape index (κ1) is 17.7. The summed E-state index contributed by atoms with van der Waals surface area (Å²) in [7, 11) is 0. The van der Waals surface area contributed by atoms with Crippen LogP contribution in [0, 0.1) is 6.92 Å². The molecule has 0 atom stereocenters. The van der Waals surface area contributed by atoms with Crippen molar-refractivity contribution in [3.8, 4) is 0 Å². The van der Waals surface area contributed by atoms with Crippen molar-refractivity contribution in [1.29, 1.82) is 0 Å². The second-order valence-electron chi connectivity index (χ2n) is 5.63. The molecule has 1 amide bonds. The maximum absolute atomic E-state index is 11.5. The largest absolute Gasteiger partial charge is 0.357 e. The molecular weight excluding hydrogens is 310 g/mol. The minimum Gasteiger partial charge on any atom is -0.357 e. The number of aryl methyl sites for hydroxylation is 1. The minimum atomic E-state index is 0.289. The predicted molar refractivity (Wildman–Crippen MR) is 95.0 cm³/mol. The Balaban J connectivity index is 1.67. The standard InChI is InChI=1S/C16H27N5OS/c1-3-17-16(19-9-7-14-12-23-13(2)20-14)18-8-5-11-21-10-4-6-15(21)22/h12H,3-11H2,1-2H3,(H2,17,18,19). The Morgan fingerprint density at radius 1 is 1.48 bits per heavy atom. The van der Waals surface area contributed by atoms with Crippen molar-refractivity contribution in [3.63, 3.8) is 0 Å². The monoisotopic (exact) mass is 337 g/mol. The molecule has 2 N–H and O–H groups in total. The van der Waals surface area contributed by atoms with Crippen LogP contribution in [0.4, 0.5) is 0 Å². The topological polar surface area (TPSA) is 69.6 Å². The maximum atomic E-state index is 11.5. The van der Waals surface area contributed by atoms with Crippen molar-refractivity contribution in [2.24, 2.45) is 4.99 Å². The first-order valence-corrected chi connectivity index (χ1v) is 9.28. The zero-order valence-electron chi connectivity index (χ0n) is 14.1. The summed E-state index contributed by atoms with van der Waals surface area (Å²) in [5.74, 6) is 1.13. The highest BCUT2D eigenvalue weighted by Crippen LogP contribution is 2.09. The van der Waals surface area contributed by atoms with Gasteiger partial charge in [0, 0.05) is 50.9 Å². The molecule has 1 aliphatic rings. The van der Waals surface area contributed by atoms with Gasteiger partial charge in [-0.1, -0.05) is 0 Å². The second-order valence-corrected chi connectivity index (χ2v) is 6.70. The molecule has 1 aromatic rings. The number of carbonyl (C=O) groups is 1. The van der Waals surface area contributed by atoms with Crippen LogP contribution in [0.5, 0.6) is 0 Å². The second kappa shape index (κ2) is 9.50. The van der Waals surface area contributed by atoms with Crippen molar-refractivity contribution < 1.29 is 4.79 Å². The van der Waals surface area contributed by atoms with Crippen LogP contribution in [-0.4, -0.2) is 54.5 Å². The first-order valence-electron chi connectivity index (χ1n) is 8.40. The van der Waals surface area contributed by atoms with Crippen molar-refractivity contribution in [1.82, 2.24) is 20.5 Å². The first-order chi connectivity index (χ1) is 11.2. The summed E-state index contributed by atoms with van der Waals surface area (Å²) in [6.07, 6.45) is 3.52. The maximum Gasteiger partial charge on any atom is 0.222 e. The van der Waals surface area contributed by atoms with Crippen LogP contribution in [0.1, 0.15) is 36.9 Å². The fraction of sp³-hybridized carbons (Fsp3) is 0.688. The molecule has 2 rings (SSSR count). The normalized spacial score (nSPS) is 15.3. The Bertz CT molecular complexity index is 528.